The Hall–Kier alpha value is -1.05. The highest BCUT2D eigenvalue weighted by atomic mass is 14.7. The number of aliphatic imine (C=N–C) groups is 1. The third-order valence-corrected chi connectivity index (χ3v) is 1.34. The van der Waals surface area contributed by atoms with Gasteiger partial charge in [-0.1, -0.05) is 12.2 Å². The molecule has 0 aromatic heterocycles. The van der Waals surface area contributed by atoms with Crippen LogP contribution in [0.4, 0.5) is 0 Å². The van der Waals surface area contributed by atoms with Crippen LogP contribution in [-0.4, -0.2) is 12.8 Å². The van der Waals surface area contributed by atoms with Gasteiger partial charge in [-0.2, -0.15) is 0 Å². The van der Waals surface area contributed by atoms with Gasteiger partial charge >= 0.3 is 0 Å². The molecule has 2 heteroatoms. The summed E-state index contributed by atoms with van der Waals surface area (Å²) in [5.41, 5.74) is 6.29. The van der Waals surface area contributed by atoms with E-state index in [9.17, 15) is 0 Å². The Bertz CT molecular complexity index is 168. The number of rotatable bonds is 1. The van der Waals surface area contributed by atoms with Crippen LogP contribution in [0.1, 0.15) is 6.42 Å². The van der Waals surface area contributed by atoms with E-state index in [-0.39, 0.29) is 6.04 Å². The molecule has 48 valence electrons. The Morgan fingerprint density at radius 1 is 1.78 bits per heavy atom. The zero-order valence-corrected chi connectivity index (χ0v) is 5.25. The molecule has 0 aliphatic heterocycles. The van der Waals surface area contributed by atoms with E-state index < -0.39 is 0 Å². The number of nitrogens with two attached hydrogens (primary N) is 1. The largest absolute Gasteiger partial charge is 0.399 e. The molecule has 1 atom stereocenters. The summed E-state index contributed by atoms with van der Waals surface area (Å²) in [5.74, 6) is 0. The molecule has 2 N–H and O–H groups in total. The fraction of sp³-hybridized carbons (Fsp3) is 0.286. The van der Waals surface area contributed by atoms with Gasteiger partial charge in [-0.15, -0.1) is 0 Å². The third kappa shape index (κ3) is 1.42. The highest BCUT2D eigenvalue weighted by Crippen LogP contribution is 2.08. The third-order valence-electron chi connectivity index (χ3n) is 1.34. The van der Waals surface area contributed by atoms with Crippen LogP contribution in [0.25, 0.3) is 0 Å². The van der Waals surface area contributed by atoms with Crippen molar-refractivity contribution in [2.75, 3.05) is 0 Å². The number of nitrogens with zero attached hydrogens (tertiary/aromatic N) is 1. The normalized spacial score (nSPS) is 25.3. The molecule has 0 fully saturated rings. The molecule has 0 spiro atoms. The summed E-state index contributed by atoms with van der Waals surface area (Å²) in [6.45, 7) is 3.44. The maximum Gasteiger partial charge on any atom is 0.0711 e. The summed E-state index contributed by atoms with van der Waals surface area (Å²) < 4.78 is 0. The van der Waals surface area contributed by atoms with Gasteiger partial charge in [0.1, 0.15) is 0 Å². The van der Waals surface area contributed by atoms with E-state index in [2.05, 4.69) is 11.7 Å². The van der Waals surface area contributed by atoms with Crippen molar-refractivity contribution >= 4 is 6.72 Å². The smallest absolute Gasteiger partial charge is 0.0711 e. The van der Waals surface area contributed by atoms with Crippen molar-refractivity contribution in [2.45, 2.75) is 12.5 Å². The van der Waals surface area contributed by atoms with E-state index in [1.165, 1.54) is 0 Å². The van der Waals surface area contributed by atoms with Gasteiger partial charge in [0.25, 0.3) is 0 Å². The van der Waals surface area contributed by atoms with Gasteiger partial charge in [0, 0.05) is 5.70 Å². The highest BCUT2D eigenvalue weighted by molar-refractivity contribution is 5.29. The molecule has 0 radical (unpaired) electrons. The number of hydrogen-bond donors (Lipinski definition) is 1. The van der Waals surface area contributed by atoms with Crippen molar-refractivity contribution in [1.82, 2.24) is 0 Å². The standard InChI is InChI=1S/C7H10N2/c1-9-7-4-2-6(8)3-5-7/h2-4,7H,1,5,8H2. The lowest BCUT2D eigenvalue weighted by atomic mass is 10.1. The quantitative estimate of drug-likeness (QED) is 0.514. The van der Waals surface area contributed by atoms with Crippen molar-refractivity contribution in [3.63, 3.8) is 0 Å². The summed E-state index contributed by atoms with van der Waals surface area (Å²) in [7, 11) is 0. The van der Waals surface area contributed by atoms with Crippen LogP contribution in [0.15, 0.2) is 28.9 Å². The molecule has 0 aromatic carbocycles. The lowest BCUT2D eigenvalue weighted by Crippen LogP contribution is -2.05. The lowest BCUT2D eigenvalue weighted by Gasteiger charge is -2.07. The number of allylic oxidation sites excluding steroid dienone is 1. The molecule has 2 nitrogen and oxygen atoms in total. The Morgan fingerprint density at radius 3 is 3.00 bits per heavy atom. The van der Waals surface area contributed by atoms with Crippen LogP contribution in [0.3, 0.4) is 0 Å². The van der Waals surface area contributed by atoms with Gasteiger partial charge in [0.15, 0.2) is 0 Å². The monoisotopic (exact) mass is 122 g/mol. The van der Waals surface area contributed by atoms with E-state index in [4.69, 9.17) is 5.73 Å². The minimum Gasteiger partial charge on any atom is -0.399 e. The Morgan fingerprint density at radius 2 is 2.56 bits per heavy atom. The molecule has 0 bridgehead atoms. The van der Waals surface area contributed by atoms with E-state index in [1.54, 1.807) is 0 Å². The zero-order valence-electron chi connectivity index (χ0n) is 5.25. The van der Waals surface area contributed by atoms with Crippen LogP contribution in [0.5, 0.6) is 0 Å². The zero-order chi connectivity index (χ0) is 6.69. The van der Waals surface area contributed by atoms with Gasteiger partial charge in [-0.25, -0.2) is 0 Å². The molecule has 1 unspecified atom stereocenters. The van der Waals surface area contributed by atoms with E-state index in [0.29, 0.717) is 0 Å². The van der Waals surface area contributed by atoms with E-state index in [0.717, 1.165) is 12.1 Å². The van der Waals surface area contributed by atoms with Crippen molar-refractivity contribution in [3.8, 4) is 0 Å². The average Bonchev–Trinajstić information content (AvgIpc) is 1.90. The topological polar surface area (TPSA) is 38.4 Å². The summed E-state index contributed by atoms with van der Waals surface area (Å²) >= 11 is 0. The summed E-state index contributed by atoms with van der Waals surface area (Å²) in [5, 5.41) is 0. The second-order valence-electron chi connectivity index (χ2n) is 2.05. The first-order chi connectivity index (χ1) is 4.33. The molecular formula is C7H10N2. The maximum atomic E-state index is 5.46. The molecule has 0 aromatic rings. The predicted molar refractivity (Wildman–Crippen MR) is 39.4 cm³/mol. The lowest BCUT2D eigenvalue weighted by molar-refractivity contribution is 0.825. The fourth-order valence-corrected chi connectivity index (χ4v) is 0.761. The molecule has 9 heavy (non-hydrogen) atoms. The molecule has 0 saturated heterocycles. The van der Waals surface area contributed by atoms with Gasteiger partial charge in [0.2, 0.25) is 0 Å². The Labute approximate surface area is 54.8 Å². The Kier molecular flexibility index (Phi) is 1.68. The summed E-state index contributed by atoms with van der Waals surface area (Å²) in [4.78, 5) is 3.84. The van der Waals surface area contributed by atoms with E-state index >= 15 is 0 Å². The van der Waals surface area contributed by atoms with Crippen LogP contribution in [0, 0.1) is 0 Å². The maximum absolute atomic E-state index is 5.46. The van der Waals surface area contributed by atoms with Crippen molar-refractivity contribution in [2.24, 2.45) is 10.7 Å². The van der Waals surface area contributed by atoms with Gasteiger partial charge in [-0.3, -0.25) is 4.99 Å². The molecule has 1 aliphatic carbocycles. The summed E-state index contributed by atoms with van der Waals surface area (Å²) in [6.07, 6.45) is 6.68. The van der Waals surface area contributed by atoms with Crippen molar-refractivity contribution < 1.29 is 0 Å². The van der Waals surface area contributed by atoms with Gasteiger partial charge in [-0.05, 0) is 19.2 Å². The molecular weight excluding hydrogens is 112 g/mol. The fourth-order valence-electron chi connectivity index (χ4n) is 0.761. The molecule has 0 saturated carbocycles. The van der Waals surface area contributed by atoms with Crippen molar-refractivity contribution in [3.05, 3.63) is 23.9 Å². The van der Waals surface area contributed by atoms with Crippen LogP contribution in [0.2, 0.25) is 0 Å². The minimum atomic E-state index is 0.247. The first kappa shape index (κ1) is 6.08. The van der Waals surface area contributed by atoms with Crippen LogP contribution < -0.4 is 5.73 Å². The number of hydrogen-bond acceptors (Lipinski definition) is 2. The molecule has 0 amide bonds. The molecule has 0 heterocycles. The summed E-state index contributed by atoms with van der Waals surface area (Å²) in [6, 6.07) is 0.247. The first-order valence-electron chi connectivity index (χ1n) is 2.92. The minimum absolute atomic E-state index is 0.247. The van der Waals surface area contributed by atoms with E-state index in [1.807, 2.05) is 18.2 Å². The second kappa shape index (κ2) is 2.49. The predicted octanol–water partition coefficient (Wildman–Crippen LogP) is 0.858. The van der Waals surface area contributed by atoms with Crippen LogP contribution >= 0.6 is 0 Å². The molecule has 1 aliphatic rings. The van der Waals surface area contributed by atoms with Crippen LogP contribution in [-0.2, 0) is 0 Å². The van der Waals surface area contributed by atoms with Gasteiger partial charge in [0.05, 0.1) is 6.04 Å². The molecule has 1 rings (SSSR count). The average molecular weight is 122 g/mol. The van der Waals surface area contributed by atoms with Gasteiger partial charge < -0.3 is 5.73 Å². The van der Waals surface area contributed by atoms with Crippen molar-refractivity contribution in [1.29, 1.82) is 0 Å². The highest BCUT2D eigenvalue weighted by Gasteiger charge is 2.01. The first-order valence-corrected chi connectivity index (χ1v) is 2.92. The SMILES string of the molecule is C=NC1C=CC(N)=CC1. The second-order valence-corrected chi connectivity index (χ2v) is 2.05. The Balaban J connectivity index is 2.58.